The highest BCUT2D eigenvalue weighted by Crippen LogP contribution is 2.35. The molecule has 3 aromatic rings. The number of fused-ring (bicyclic) bond motifs is 1. The number of hydrogen-bond acceptors (Lipinski definition) is 6. The molecule has 2 aliphatic rings. The van der Waals surface area contributed by atoms with Crippen molar-refractivity contribution in [2.24, 2.45) is 5.92 Å². The number of aromatic nitrogens is 3. The van der Waals surface area contributed by atoms with Crippen LogP contribution in [0.25, 0.3) is 10.9 Å². The van der Waals surface area contributed by atoms with Gasteiger partial charge in [0.25, 0.3) is 0 Å². The largest absolute Gasteiger partial charge is 0.396 e. The lowest BCUT2D eigenvalue weighted by molar-refractivity contribution is 0.203. The smallest absolute Gasteiger partial charge is 0.172 e. The van der Waals surface area contributed by atoms with Gasteiger partial charge in [0.15, 0.2) is 11.6 Å². The molecule has 4 heterocycles. The zero-order chi connectivity index (χ0) is 18.9. The topological polar surface area (TPSA) is 65.4 Å². The first-order chi connectivity index (χ1) is 13.8. The van der Waals surface area contributed by atoms with Crippen LogP contribution in [0.5, 0.6) is 0 Å². The first-order valence-corrected chi connectivity index (χ1v) is 10.1. The first-order valence-electron chi connectivity index (χ1n) is 10.1. The van der Waals surface area contributed by atoms with Gasteiger partial charge in [-0.3, -0.25) is 4.98 Å². The van der Waals surface area contributed by atoms with Crippen LogP contribution in [-0.4, -0.2) is 52.8 Å². The van der Waals surface area contributed by atoms with Crippen LogP contribution in [-0.2, 0) is 0 Å². The summed E-state index contributed by atoms with van der Waals surface area (Å²) in [5, 5.41) is 10.6. The van der Waals surface area contributed by atoms with E-state index in [1.54, 1.807) is 12.4 Å². The second-order valence-electron chi connectivity index (χ2n) is 7.85. The maximum absolute atomic E-state index is 9.38. The van der Waals surface area contributed by atoms with Gasteiger partial charge >= 0.3 is 0 Å². The van der Waals surface area contributed by atoms with Gasteiger partial charge in [-0.2, -0.15) is 0 Å². The third-order valence-corrected chi connectivity index (χ3v) is 6.05. The van der Waals surface area contributed by atoms with E-state index < -0.39 is 0 Å². The minimum Gasteiger partial charge on any atom is -0.396 e. The molecular weight excluding hydrogens is 350 g/mol. The molecule has 2 fully saturated rings. The number of aliphatic hydroxyl groups excluding tert-OH is 1. The number of para-hydroxylation sites is 1. The molecule has 0 spiro atoms. The fraction of sp³-hybridized carbons (Fsp3) is 0.409. The minimum atomic E-state index is 0.285. The molecule has 144 valence electrons. The summed E-state index contributed by atoms with van der Waals surface area (Å²) < 4.78 is 0. The van der Waals surface area contributed by atoms with E-state index in [-0.39, 0.29) is 6.61 Å². The number of benzene rings is 1. The van der Waals surface area contributed by atoms with Crippen LogP contribution in [0, 0.1) is 5.92 Å². The van der Waals surface area contributed by atoms with Gasteiger partial charge in [0.1, 0.15) is 0 Å². The van der Waals surface area contributed by atoms with E-state index in [1.165, 1.54) is 5.39 Å². The average molecular weight is 375 g/mol. The molecule has 0 saturated carbocycles. The minimum absolute atomic E-state index is 0.285. The van der Waals surface area contributed by atoms with Gasteiger partial charge in [0.2, 0.25) is 0 Å². The molecular formula is C22H25N5O. The van der Waals surface area contributed by atoms with Crippen molar-refractivity contribution in [2.75, 3.05) is 42.6 Å². The predicted octanol–water partition coefficient (Wildman–Crippen LogP) is 2.84. The molecule has 0 radical (unpaired) electrons. The maximum atomic E-state index is 9.38. The van der Waals surface area contributed by atoms with E-state index in [0.29, 0.717) is 11.8 Å². The van der Waals surface area contributed by atoms with Gasteiger partial charge in [-0.05, 0) is 30.9 Å². The molecule has 2 aromatic heterocycles. The third-order valence-electron chi connectivity index (χ3n) is 6.05. The lowest BCUT2D eigenvalue weighted by atomic mass is 9.95. The fourth-order valence-corrected chi connectivity index (χ4v) is 4.24. The van der Waals surface area contributed by atoms with Gasteiger partial charge in [0.05, 0.1) is 5.52 Å². The van der Waals surface area contributed by atoms with E-state index in [9.17, 15) is 5.11 Å². The van der Waals surface area contributed by atoms with Crippen LogP contribution in [0.2, 0.25) is 0 Å². The van der Waals surface area contributed by atoms with Crippen LogP contribution in [0.15, 0.2) is 48.8 Å². The van der Waals surface area contributed by atoms with Crippen LogP contribution >= 0.6 is 0 Å². The number of nitrogens with zero attached hydrogens (tertiary/aromatic N) is 5. The second-order valence-corrected chi connectivity index (χ2v) is 7.85. The van der Waals surface area contributed by atoms with Crippen LogP contribution < -0.4 is 9.80 Å². The normalized spacial score (nSPS) is 18.5. The van der Waals surface area contributed by atoms with Gasteiger partial charge in [-0.1, -0.05) is 24.3 Å². The SMILES string of the molecule is OCC1CCN(c2nccnc2N2CC(c3ccc4ccccc4n3)C2)CC1. The highest BCUT2D eigenvalue weighted by Gasteiger charge is 2.33. The Balaban J connectivity index is 1.31. The van der Waals surface area contributed by atoms with Gasteiger partial charge in [0, 0.05) is 62.2 Å². The third kappa shape index (κ3) is 3.18. The van der Waals surface area contributed by atoms with E-state index in [1.807, 2.05) is 12.1 Å². The second kappa shape index (κ2) is 7.36. The Morgan fingerprint density at radius 1 is 0.893 bits per heavy atom. The van der Waals surface area contributed by atoms with Gasteiger partial charge < -0.3 is 14.9 Å². The fourth-order valence-electron chi connectivity index (χ4n) is 4.24. The maximum Gasteiger partial charge on any atom is 0.172 e. The van der Waals surface area contributed by atoms with E-state index in [4.69, 9.17) is 4.98 Å². The molecule has 6 heteroatoms. The monoisotopic (exact) mass is 375 g/mol. The first kappa shape index (κ1) is 17.4. The predicted molar refractivity (Wildman–Crippen MR) is 111 cm³/mol. The molecule has 0 unspecified atom stereocenters. The highest BCUT2D eigenvalue weighted by atomic mass is 16.3. The Hall–Kier alpha value is -2.73. The standard InChI is InChI=1S/C22H25N5O/c28-15-16-7-11-26(12-8-16)21-22(24-10-9-23-21)27-13-18(14-27)20-6-5-17-3-1-2-4-19(17)25-20/h1-6,9-10,16,18,28H,7-8,11-15H2. The zero-order valence-electron chi connectivity index (χ0n) is 15.9. The Morgan fingerprint density at radius 2 is 1.61 bits per heavy atom. The van der Waals surface area contributed by atoms with Crippen LogP contribution in [0.3, 0.4) is 0 Å². The molecule has 0 bridgehead atoms. The Labute approximate surface area is 164 Å². The summed E-state index contributed by atoms with van der Waals surface area (Å²) in [6, 6.07) is 12.6. The molecule has 28 heavy (non-hydrogen) atoms. The molecule has 6 nitrogen and oxygen atoms in total. The van der Waals surface area contributed by atoms with Crippen molar-refractivity contribution in [1.82, 2.24) is 15.0 Å². The summed E-state index contributed by atoms with van der Waals surface area (Å²) >= 11 is 0. The quantitative estimate of drug-likeness (QED) is 0.756. The van der Waals surface area contributed by atoms with Crippen molar-refractivity contribution < 1.29 is 5.11 Å². The average Bonchev–Trinajstić information content (AvgIpc) is 2.73. The van der Waals surface area contributed by atoms with Crippen LogP contribution in [0.4, 0.5) is 11.6 Å². The number of aliphatic hydroxyl groups is 1. The summed E-state index contributed by atoms with van der Waals surface area (Å²) in [6.07, 6.45) is 5.58. The van der Waals surface area contributed by atoms with Crippen molar-refractivity contribution in [3.63, 3.8) is 0 Å². The Kier molecular flexibility index (Phi) is 4.56. The number of pyridine rings is 1. The van der Waals surface area contributed by atoms with Gasteiger partial charge in [-0.25, -0.2) is 9.97 Å². The summed E-state index contributed by atoms with van der Waals surface area (Å²) in [7, 11) is 0. The van der Waals surface area contributed by atoms with Crippen molar-refractivity contribution in [2.45, 2.75) is 18.8 Å². The Bertz CT molecular complexity index is 964. The van der Waals surface area contributed by atoms with Crippen molar-refractivity contribution in [1.29, 1.82) is 0 Å². The Morgan fingerprint density at radius 3 is 2.36 bits per heavy atom. The molecule has 2 saturated heterocycles. The number of piperidine rings is 1. The number of hydrogen-bond donors (Lipinski definition) is 1. The molecule has 1 N–H and O–H groups in total. The molecule has 0 amide bonds. The van der Waals surface area contributed by atoms with E-state index in [2.05, 4.69) is 44.0 Å². The van der Waals surface area contributed by atoms with Gasteiger partial charge in [-0.15, -0.1) is 0 Å². The number of rotatable bonds is 4. The molecule has 5 rings (SSSR count). The molecule has 2 aliphatic heterocycles. The van der Waals surface area contributed by atoms with E-state index in [0.717, 1.165) is 61.9 Å². The van der Waals surface area contributed by atoms with Crippen molar-refractivity contribution >= 4 is 22.5 Å². The summed E-state index contributed by atoms with van der Waals surface area (Å²) in [5.74, 6) is 2.80. The lowest BCUT2D eigenvalue weighted by Gasteiger charge is -2.42. The number of anilines is 2. The van der Waals surface area contributed by atoms with Crippen molar-refractivity contribution in [3.8, 4) is 0 Å². The zero-order valence-corrected chi connectivity index (χ0v) is 15.9. The lowest BCUT2D eigenvalue weighted by Crippen LogP contribution is -2.47. The highest BCUT2D eigenvalue weighted by molar-refractivity contribution is 5.78. The summed E-state index contributed by atoms with van der Waals surface area (Å²) in [5.41, 5.74) is 2.22. The molecule has 0 aliphatic carbocycles. The van der Waals surface area contributed by atoms with E-state index >= 15 is 0 Å². The summed E-state index contributed by atoms with van der Waals surface area (Å²) in [4.78, 5) is 18.8. The molecule has 1 aromatic carbocycles. The van der Waals surface area contributed by atoms with Crippen molar-refractivity contribution in [3.05, 3.63) is 54.5 Å². The molecule has 0 atom stereocenters. The van der Waals surface area contributed by atoms with Crippen LogP contribution in [0.1, 0.15) is 24.5 Å². The summed E-state index contributed by atoms with van der Waals surface area (Å²) in [6.45, 7) is 3.99.